The van der Waals surface area contributed by atoms with Crippen molar-refractivity contribution in [1.29, 1.82) is 0 Å². The Hall–Kier alpha value is -2.23. The highest BCUT2D eigenvalue weighted by Crippen LogP contribution is 2.28. The van der Waals surface area contributed by atoms with Crippen LogP contribution in [0, 0.1) is 0 Å². The molecule has 1 fully saturated rings. The zero-order chi connectivity index (χ0) is 17.3. The maximum Gasteiger partial charge on any atom is 0.410 e. The first kappa shape index (κ1) is 16.6. The molecule has 1 heterocycles. The summed E-state index contributed by atoms with van der Waals surface area (Å²) < 4.78 is 5.56. The topological polar surface area (TPSA) is 55.6 Å². The summed E-state index contributed by atoms with van der Waals surface area (Å²) in [6.45, 7) is 6.49. The van der Waals surface area contributed by atoms with Gasteiger partial charge in [-0.15, -0.1) is 0 Å². The number of ether oxygens (including phenoxy) is 1. The molecule has 0 radical (unpaired) electrons. The predicted octanol–water partition coefficient (Wildman–Crippen LogP) is 4.36. The van der Waals surface area contributed by atoms with Gasteiger partial charge in [-0.05, 0) is 68.5 Å². The molecule has 0 aliphatic carbocycles. The number of hydrogen-bond acceptors (Lipinski definition) is 3. The first-order valence-corrected chi connectivity index (χ1v) is 8.60. The summed E-state index contributed by atoms with van der Waals surface area (Å²) in [5, 5.41) is 2.36. The molecule has 0 bridgehead atoms. The van der Waals surface area contributed by atoms with Crippen LogP contribution in [-0.4, -0.2) is 29.2 Å². The monoisotopic (exact) mass is 326 g/mol. The van der Waals surface area contributed by atoms with Gasteiger partial charge in [-0.25, -0.2) is 4.79 Å². The second-order valence-electron chi connectivity index (χ2n) is 7.57. The number of nitrogens with zero attached hydrogens (tertiary/aromatic N) is 1. The summed E-state index contributed by atoms with van der Waals surface area (Å²) in [7, 11) is 0. The van der Waals surface area contributed by atoms with Crippen molar-refractivity contribution in [1.82, 2.24) is 4.90 Å². The lowest BCUT2D eigenvalue weighted by Crippen LogP contribution is -2.40. The molecule has 0 unspecified atom stereocenters. The number of hydrogen-bond donors (Lipinski definition) is 1. The fourth-order valence-corrected chi connectivity index (χ4v) is 3.40. The van der Waals surface area contributed by atoms with Crippen LogP contribution in [0.2, 0.25) is 0 Å². The van der Waals surface area contributed by atoms with Gasteiger partial charge in [0.25, 0.3) is 0 Å². The van der Waals surface area contributed by atoms with E-state index in [0.717, 1.165) is 31.5 Å². The molecule has 4 nitrogen and oxygen atoms in total. The molecular weight excluding hydrogens is 300 g/mol. The number of benzene rings is 2. The molecule has 2 N–H and O–H groups in total. The number of carbonyl (C=O) groups excluding carboxylic acids is 1. The summed E-state index contributed by atoms with van der Waals surface area (Å²) in [6, 6.07) is 12.5. The molecule has 0 aromatic heterocycles. The van der Waals surface area contributed by atoms with E-state index in [1.54, 1.807) is 0 Å². The van der Waals surface area contributed by atoms with E-state index < -0.39 is 5.60 Å². The van der Waals surface area contributed by atoms with E-state index in [2.05, 4.69) is 24.3 Å². The molecule has 1 amide bonds. The van der Waals surface area contributed by atoms with Crippen molar-refractivity contribution in [3.8, 4) is 0 Å². The highest BCUT2D eigenvalue weighted by molar-refractivity contribution is 5.88. The van der Waals surface area contributed by atoms with Crippen molar-refractivity contribution in [3.05, 3.63) is 42.0 Å². The number of carbonyl (C=O) groups is 1. The number of rotatable bonds is 2. The minimum atomic E-state index is -0.460. The van der Waals surface area contributed by atoms with Gasteiger partial charge in [-0.1, -0.05) is 24.3 Å². The van der Waals surface area contributed by atoms with Gasteiger partial charge in [-0.2, -0.15) is 0 Å². The van der Waals surface area contributed by atoms with Crippen molar-refractivity contribution in [2.75, 3.05) is 12.3 Å². The molecule has 24 heavy (non-hydrogen) atoms. The van der Waals surface area contributed by atoms with Crippen LogP contribution in [0.5, 0.6) is 0 Å². The van der Waals surface area contributed by atoms with Crippen molar-refractivity contribution in [3.63, 3.8) is 0 Å². The van der Waals surface area contributed by atoms with Gasteiger partial charge in [0.15, 0.2) is 0 Å². The zero-order valence-electron chi connectivity index (χ0n) is 14.7. The van der Waals surface area contributed by atoms with Gasteiger partial charge >= 0.3 is 6.09 Å². The molecular formula is C20H26N2O2. The Labute approximate surface area is 143 Å². The van der Waals surface area contributed by atoms with Crippen LogP contribution < -0.4 is 5.73 Å². The predicted molar refractivity (Wildman–Crippen MR) is 98.0 cm³/mol. The Kier molecular flexibility index (Phi) is 4.39. The number of nitrogen functional groups attached to an aromatic ring is 1. The van der Waals surface area contributed by atoms with Crippen LogP contribution in [0.4, 0.5) is 10.5 Å². The standard InChI is InChI=1S/C20H26N2O2/c1-20(2,3)24-19(23)22-11-5-8-17(22)12-15-7-4-6-14-9-10-16(21)13-18(14)15/h4,6-7,9-10,13,17H,5,8,11-12,21H2,1-3H3/t17-/m0/s1. The average molecular weight is 326 g/mol. The van der Waals surface area contributed by atoms with E-state index >= 15 is 0 Å². The first-order chi connectivity index (χ1) is 11.3. The van der Waals surface area contributed by atoms with E-state index in [-0.39, 0.29) is 12.1 Å². The number of nitrogens with two attached hydrogens (primary N) is 1. The Morgan fingerprint density at radius 3 is 2.83 bits per heavy atom. The third-order valence-electron chi connectivity index (χ3n) is 4.46. The van der Waals surface area contributed by atoms with Crippen LogP contribution in [-0.2, 0) is 11.2 Å². The smallest absolute Gasteiger partial charge is 0.410 e. The van der Waals surface area contributed by atoms with Gasteiger partial charge in [-0.3, -0.25) is 0 Å². The molecule has 1 aliphatic heterocycles. The highest BCUT2D eigenvalue weighted by Gasteiger charge is 2.32. The lowest BCUT2D eigenvalue weighted by atomic mass is 9.97. The second kappa shape index (κ2) is 6.34. The van der Waals surface area contributed by atoms with Crippen LogP contribution in [0.25, 0.3) is 10.8 Å². The zero-order valence-corrected chi connectivity index (χ0v) is 14.7. The minimum Gasteiger partial charge on any atom is -0.444 e. The van der Waals surface area contributed by atoms with E-state index in [0.29, 0.717) is 0 Å². The van der Waals surface area contributed by atoms with Crippen molar-refractivity contribution in [2.24, 2.45) is 0 Å². The van der Waals surface area contributed by atoms with E-state index in [9.17, 15) is 4.79 Å². The van der Waals surface area contributed by atoms with Crippen LogP contribution in [0.3, 0.4) is 0 Å². The minimum absolute atomic E-state index is 0.187. The van der Waals surface area contributed by atoms with Crippen LogP contribution in [0.1, 0.15) is 39.2 Å². The van der Waals surface area contributed by atoms with Gasteiger partial charge in [0.05, 0.1) is 0 Å². The largest absolute Gasteiger partial charge is 0.444 e. The Morgan fingerprint density at radius 2 is 2.08 bits per heavy atom. The lowest BCUT2D eigenvalue weighted by Gasteiger charge is -2.29. The van der Waals surface area contributed by atoms with Gasteiger partial charge < -0.3 is 15.4 Å². The SMILES string of the molecule is CC(C)(C)OC(=O)N1CCC[C@H]1Cc1cccc2ccc(N)cc12. The highest BCUT2D eigenvalue weighted by atomic mass is 16.6. The van der Waals surface area contributed by atoms with Crippen molar-refractivity contribution in [2.45, 2.75) is 51.7 Å². The fraction of sp³-hybridized carbons (Fsp3) is 0.450. The number of anilines is 1. The van der Waals surface area contributed by atoms with Gasteiger partial charge in [0.1, 0.15) is 5.60 Å². The van der Waals surface area contributed by atoms with Crippen molar-refractivity contribution < 1.29 is 9.53 Å². The van der Waals surface area contributed by atoms with E-state index in [4.69, 9.17) is 10.5 Å². The average Bonchev–Trinajstić information content (AvgIpc) is 2.94. The normalized spacial score (nSPS) is 18.1. The van der Waals surface area contributed by atoms with E-state index in [1.165, 1.54) is 16.3 Å². The third kappa shape index (κ3) is 3.64. The quantitative estimate of drug-likeness (QED) is 0.834. The molecule has 128 valence electrons. The molecule has 1 atom stereocenters. The summed E-state index contributed by atoms with van der Waals surface area (Å²) in [6.07, 6.45) is 2.67. The van der Waals surface area contributed by atoms with Gasteiger partial charge in [0.2, 0.25) is 0 Å². The number of likely N-dealkylation sites (tertiary alicyclic amines) is 1. The number of fused-ring (bicyclic) bond motifs is 1. The molecule has 0 saturated carbocycles. The van der Waals surface area contributed by atoms with Crippen LogP contribution in [0.15, 0.2) is 36.4 Å². The summed E-state index contributed by atoms with van der Waals surface area (Å²) in [5.41, 5.74) is 7.51. The molecule has 1 aliphatic rings. The fourth-order valence-electron chi connectivity index (χ4n) is 3.40. The Morgan fingerprint density at radius 1 is 1.29 bits per heavy atom. The Balaban J connectivity index is 1.82. The lowest BCUT2D eigenvalue weighted by molar-refractivity contribution is 0.0227. The number of amides is 1. The maximum absolute atomic E-state index is 12.5. The van der Waals surface area contributed by atoms with Crippen molar-refractivity contribution >= 4 is 22.6 Å². The molecule has 4 heteroatoms. The molecule has 2 aromatic rings. The van der Waals surface area contributed by atoms with E-state index in [1.807, 2.05) is 37.8 Å². The summed E-state index contributed by atoms with van der Waals surface area (Å²) in [5.74, 6) is 0. The first-order valence-electron chi connectivity index (χ1n) is 8.60. The van der Waals surface area contributed by atoms with Crippen LogP contribution >= 0.6 is 0 Å². The molecule has 3 rings (SSSR count). The molecule has 0 spiro atoms. The summed E-state index contributed by atoms with van der Waals surface area (Å²) in [4.78, 5) is 14.3. The Bertz CT molecular complexity index is 749. The van der Waals surface area contributed by atoms with Gasteiger partial charge in [0, 0.05) is 18.3 Å². The maximum atomic E-state index is 12.5. The summed E-state index contributed by atoms with van der Waals surface area (Å²) >= 11 is 0. The molecule has 2 aromatic carbocycles. The second-order valence-corrected chi connectivity index (χ2v) is 7.57. The molecule has 1 saturated heterocycles. The third-order valence-corrected chi connectivity index (χ3v) is 4.46.